The van der Waals surface area contributed by atoms with E-state index in [0.717, 1.165) is 51.2 Å². The van der Waals surface area contributed by atoms with Gasteiger partial charge >= 0.3 is 0 Å². The molecule has 2 heterocycles. The molecule has 0 radical (unpaired) electrons. The number of thioether (sulfide) groups is 1. The van der Waals surface area contributed by atoms with Gasteiger partial charge in [-0.25, -0.2) is 15.0 Å². The zero-order chi connectivity index (χ0) is 22.0. The van der Waals surface area contributed by atoms with Crippen LogP contribution in [0.5, 0.6) is 11.5 Å². The fourth-order valence-electron chi connectivity index (χ4n) is 3.64. The third-order valence-electron chi connectivity index (χ3n) is 5.12. The Hall–Kier alpha value is -2.83. The van der Waals surface area contributed by atoms with Crippen LogP contribution in [0, 0.1) is 0 Å². The zero-order valence-corrected chi connectivity index (χ0v) is 19.3. The summed E-state index contributed by atoms with van der Waals surface area (Å²) in [7, 11) is 3.24. The molecular weight excluding hydrogens is 430 g/mol. The number of aromatic nitrogens is 3. The number of rotatable bonds is 6. The molecule has 0 N–H and O–H groups in total. The lowest BCUT2D eigenvalue weighted by atomic mass is 9.98. The van der Waals surface area contributed by atoms with E-state index in [-0.39, 0.29) is 0 Å². The summed E-state index contributed by atoms with van der Waals surface area (Å²) < 4.78 is 11.1. The first-order chi connectivity index (χ1) is 15.1. The Morgan fingerprint density at radius 2 is 1.74 bits per heavy atom. The fraction of sp³-hybridized carbons (Fsp3) is 0.208. The van der Waals surface area contributed by atoms with Crippen LogP contribution in [0.2, 0.25) is 5.02 Å². The van der Waals surface area contributed by atoms with E-state index in [1.54, 1.807) is 14.2 Å². The molecule has 158 valence electrons. The number of fused-ring (bicyclic) bond motifs is 1. The lowest BCUT2D eigenvalue weighted by Gasteiger charge is -2.18. The van der Waals surface area contributed by atoms with Crippen molar-refractivity contribution in [3.8, 4) is 34.0 Å². The highest BCUT2D eigenvalue weighted by Gasteiger charge is 2.22. The summed E-state index contributed by atoms with van der Waals surface area (Å²) in [6.45, 7) is 2.07. The van der Waals surface area contributed by atoms with Gasteiger partial charge in [0.1, 0.15) is 17.0 Å². The Kier molecular flexibility index (Phi) is 6.30. The van der Waals surface area contributed by atoms with Crippen LogP contribution in [-0.2, 0) is 6.42 Å². The van der Waals surface area contributed by atoms with Crippen molar-refractivity contribution in [3.63, 3.8) is 0 Å². The molecule has 5 nitrogen and oxygen atoms in total. The molecule has 0 bridgehead atoms. The summed E-state index contributed by atoms with van der Waals surface area (Å²) >= 11 is 8.30. The van der Waals surface area contributed by atoms with Crippen molar-refractivity contribution in [3.05, 3.63) is 59.2 Å². The molecule has 31 heavy (non-hydrogen) atoms. The molecule has 0 fully saturated rings. The minimum atomic E-state index is 0.507. The highest BCUT2D eigenvalue weighted by atomic mass is 35.5. The van der Waals surface area contributed by atoms with Gasteiger partial charge in [-0.05, 0) is 18.7 Å². The smallest absolute Gasteiger partial charge is 0.187 e. The van der Waals surface area contributed by atoms with Crippen molar-refractivity contribution >= 4 is 34.3 Å². The van der Waals surface area contributed by atoms with Crippen molar-refractivity contribution in [1.82, 2.24) is 15.0 Å². The quantitative estimate of drug-likeness (QED) is 0.253. The summed E-state index contributed by atoms with van der Waals surface area (Å²) in [4.78, 5) is 14.3. The van der Waals surface area contributed by atoms with Gasteiger partial charge in [-0.2, -0.15) is 0 Å². The SMILES string of the molecule is CCc1c(OC)cc(OC)c(Cl)c1-c1cc2cnc(SC)nc2c(-c2ccccc2)n1. The van der Waals surface area contributed by atoms with Crippen LogP contribution in [0.1, 0.15) is 12.5 Å². The fourth-order valence-corrected chi connectivity index (χ4v) is 4.33. The first-order valence-corrected chi connectivity index (χ1v) is 11.4. The van der Waals surface area contributed by atoms with E-state index in [9.17, 15) is 0 Å². The minimum absolute atomic E-state index is 0.507. The Balaban J connectivity index is 2.09. The van der Waals surface area contributed by atoms with Gasteiger partial charge in [-0.15, -0.1) is 0 Å². The maximum absolute atomic E-state index is 6.80. The predicted octanol–water partition coefficient (Wildman–Crippen LogP) is 6.31. The van der Waals surface area contributed by atoms with Gasteiger partial charge in [0.2, 0.25) is 0 Å². The van der Waals surface area contributed by atoms with Gasteiger partial charge < -0.3 is 9.47 Å². The molecule has 0 aliphatic carbocycles. The number of ether oxygens (including phenoxy) is 2. The maximum atomic E-state index is 6.80. The number of hydrogen-bond donors (Lipinski definition) is 0. The Labute approximate surface area is 190 Å². The van der Waals surface area contributed by atoms with Gasteiger partial charge in [-0.1, -0.05) is 60.6 Å². The Morgan fingerprint density at radius 1 is 1.00 bits per heavy atom. The second-order valence-corrected chi connectivity index (χ2v) is 7.97. The van der Waals surface area contributed by atoms with E-state index in [2.05, 4.69) is 11.9 Å². The number of pyridine rings is 1. The summed E-state index contributed by atoms with van der Waals surface area (Å²) in [6.07, 6.45) is 4.52. The Bertz CT molecular complexity index is 1250. The van der Waals surface area contributed by atoms with Crippen LogP contribution in [0.25, 0.3) is 33.4 Å². The third-order valence-corrected chi connectivity index (χ3v) is 6.06. The number of nitrogens with zero attached hydrogens (tertiary/aromatic N) is 3. The number of halogens is 1. The van der Waals surface area contributed by atoms with Crippen LogP contribution in [-0.4, -0.2) is 35.4 Å². The molecule has 4 rings (SSSR count). The number of benzene rings is 2. The molecule has 0 aliphatic rings. The minimum Gasteiger partial charge on any atom is -0.496 e. The highest BCUT2D eigenvalue weighted by molar-refractivity contribution is 7.98. The summed E-state index contributed by atoms with van der Waals surface area (Å²) in [5.41, 5.74) is 5.06. The zero-order valence-electron chi connectivity index (χ0n) is 17.8. The first-order valence-electron chi connectivity index (χ1n) is 9.82. The lowest BCUT2D eigenvalue weighted by Crippen LogP contribution is -2.01. The van der Waals surface area contributed by atoms with E-state index < -0.39 is 0 Å². The van der Waals surface area contributed by atoms with Crippen LogP contribution in [0.15, 0.2) is 53.8 Å². The topological polar surface area (TPSA) is 57.1 Å². The van der Waals surface area contributed by atoms with Gasteiger partial charge in [0.05, 0.1) is 30.6 Å². The summed E-state index contributed by atoms with van der Waals surface area (Å²) in [5, 5.41) is 2.10. The summed E-state index contributed by atoms with van der Waals surface area (Å²) in [5.74, 6) is 1.26. The van der Waals surface area contributed by atoms with Gasteiger partial charge in [0.15, 0.2) is 5.16 Å². The average Bonchev–Trinajstić information content (AvgIpc) is 2.83. The van der Waals surface area contributed by atoms with Crippen molar-refractivity contribution in [2.75, 3.05) is 20.5 Å². The second kappa shape index (κ2) is 9.12. The van der Waals surface area contributed by atoms with E-state index in [0.29, 0.717) is 15.9 Å². The van der Waals surface area contributed by atoms with E-state index in [1.807, 2.05) is 54.9 Å². The van der Waals surface area contributed by atoms with Crippen molar-refractivity contribution in [2.24, 2.45) is 0 Å². The molecular formula is C24H22ClN3O2S. The highest BCUT2D eigenvalue weighted by Crippen LogP contribution is 2.44. The average molecular weight is 452 g/mol. The van der Waals surface area contributed by atoms with Gasteiger partial charge in [0, 0.05) is 34.3 Å². The lowest BCUT2D eigenvalue weighted by molar-refractivity contribution is 0.392. The third kappa shape index (κ3) is 3.93. The standard InChI is InChI=1S/C24H22ClN3O2S/c1-5-16-18(29-2)12-19(30-3)21(25)20(16)17-11-15-13-26-24(31-4)28-23(15)22(27-17)14-9-7-6-8-10-14/h6-13H,5H2,1-4H3. The van der Waals surface area contributed by atoms with Crippen molar-refractivity contribution < 1.29 is 9.47 Å². The van der Waals surface area contributed by atoms with Crippen molar-refractivity contribution in [2.45, 2.75) is 18.5 Å². The van der Waals surface area contributed by atoms with Crippen LogP contribution < -0.4 is 9.47 Å². The van der Waals surface area contributed by atoms with Crippen LogP contribution in [0.4, 0.5) is 0 Å². The number of methoxy groups -OCH3 is 2. The molecule has 4 aromatic rings. The molecule has 0 amide bonds. The maximum Gasteiger partial charge on any atom is 0.187 e. The second-order valence-electron chi connectivity index (χ2n) is 6.82. The Morgan fingerprint density at radius 3 is 2.39 bits per heavy atom. The molecule has 0 spiro atoms. The largest absolute Gasteiger partial charge is 0.496 e. The van der Waals surface area contributed by atoms with Gasteiger partial charge in [-0.3, -0.25) is 0 Å². The van der Waals surface area contributed by atoms with E-state index >= 15 is 0 Å². The van der Waals surface area contributed by atoms with Crippen LogP contribution >= 0.6 is 23.4 Å². The van der Waals surface area contributed by atoms with E-state index in [1.165, 1.54) is 11.8 Å². The van der Waals surface area contributed by atoms with Crippen molar-refractivity contribution in [1.29, 1.82) is 0 Å². The number of hydrogen-bond acceptors (Lipinski definition) is 6. The molecule has 7 heteroatoms. The molecule has 0 aliphatic heterocycles. The van der Waals surface area contributed by atoms with Gasteiger partial charge in [0.25, 0.3) is 0 Å². The predicted molar refractivity (Wildman–Crippen MR) is 127 cm³/mol. The molecule has 0 atom stereocenters. The molecule has 0 saturated heterocycles. The summed E-state index contributed by atoms with van der Waals surface area (Å²) in [6, 6.07) is 13.8. The molecule has 0 unspecified atom stereocenters. The molecule has 0 saturated carbocycles. The molecule has 2 aromatic heterocycles. The normalized spacial score (nSPS) is 11.0. The van der Waals surface area contributed by atoms with Crippen LogP contribution in [0.3, 0.4) is 0 Å². The monoisotopic (exact) mass is 451 g/mol. The van der Waals surface area contributed by atoms with E-state index in [4.69, 9.17) is 31.0 Å². The molecule has 2 aromatic carbocycles. The first kappa shape index (κ1) is 21.4.